The first-order chi connectivity index (χ1) is 14.7. The Hall–Kier alpha value is -3.19. The van der Waals surface area contributed by atoms with E-state index >= 15 is 0 Å². The Balaban J connectivity index is 1.52. The third-order valence-corrected chi connectivity index (χ3v) is 6.22. The van der Waals surface area contributed by atoms with Gasteiger partial charge in [0, 0.05) is 48.2 Å². The summed E-state index contributed by atoms with van der Waals surface area (Å²) in [4.78, 5) is 17.8. The van der Waals surface area contributed by atoms with Crippen LogP contribution >= 0.6 is 0 Å². The molecule has 0 bridgehead atoms. The first kappa shape index (κ1) is 18.8. The minimum atomic E-state index is -0.350. The number of non-ortho nitro benzene ring substituents is 1. The molecule has 7 nitrogen and oxygen atoms in total. The summed E-state index contributed by atoms with van der Waals surface area (Å²) in [6, 6.07) is 14.6. The number of aromatic nitrogens is 1. The fourth-order valence-electron chi connectivity index (χ4n) is 4.69. The zero-order valence-corrected chi connectivity index (χ0v) is 16.8. The first-order valence-corrected chi connectivity index (χ1v) is 10.3. The van der Waals surface area contributed by atoms with Gasteiger partial charge in [-0.15, -0.1) is 0 Å². The van der Waals surface area contributed by atoms with Crippen molar-refractivity contribution in [2.45, 2.75) is 37.4 Å². The largest absolute Gasteiger partial charge is 0.497 e. The molecule has 2 heterocycles. The maximum Gasteiger partial charge on any atom is 0.278 e. The van der Waals surface area contributed by atoms with Gasteiger partial charge in [-0.2, -0.15) is 0 Å². The standard InChI is InChI=1S/C23H24N4O3/c1-30-17-4-2-3-15(13-17)23-21(10-12-26(23)16-5-6-16)25-20-7-8-22(27(28)29)19-14-24-11-9-18(19)20/h2-4,7-9,11,13-14,16,21,23,25H,5-6,10,12H2,1H3. The highest BCUT2D eigenvalue weighted by Crippen LogP contribution is 2.43. The van der Waals surface area contributed by atoms with Crippen LogP contribution in [0.25, 0.3) is 10.8 Å². The van der Waals surface area contributed by atoms with Gasteiger partial charge in [-0.25, -0.2) is 0 Å². The third-order valence-electron chi connectivity index (χ3n) is 6.22. The lowest BCUT2D eigenvalue weighted by Gasteiger charge is -2.30. The number of nitrogens with one attached hydrogen (secondary N) is 1. The van der Waals surface area contributed by atoms with Crippen LogP contribution in [-0.4, -0.2) is 40.5 Å². The van der Waals surface area contributed by atoms with Gasteiger partial charge in [-0.3, -0.25) is 20.0 Å². The van der Waals surface area contributed by atoms with E-state index in [1.165, 1.54) is 18.4 Å². The van der Waals surface area contributed by atoms with E-state index in [1.807, 2.05) is 24.3 Å². The molecule has 2 aromatic carbocycles. The van der Waals surface area contributed by atoms with E-state index in [0.717, 1.165) is 29.8 Å². The smallest absolute Gasteiger partial charge is 0.278 e. The Labute approximate surface area is 174 Å². The number of likely N-dealkylation sites (tertiary alicyclic amines) is 1. The summed E-state index contributed by atoms with van der Waals surface area (Å²) in [6.45, 7) is 1.04. The number of fused-ring (bicyclic) bond motifs is 1. The number of nitro benzene ring substituents is 1. The van der Waals surface area contributed by atoms with Crippen molar-refractivity contribution in [2.75, 3.05) is 19.0 Å². The Bertz CT molecular complexity index is 1100. The van der Waals surface area contributed by atoms with Crippen LogP contribution in [0.1, 0.15) is 30.9 Å². The predicted octanol–water partition coefficient (Wildman–Crippen LogP) is 4.54. The maximum atomic E-state index is 11.4. The van der Waals surface area contributed by atoms with Gasteiger partial charge in [-0.1, -0.05) is 12.1 Å². The molecular formula is C23H24N4O3. The monoisotopic (exact) mass is 404 g/mol. The molecule has 5 rings (SSSR count). The van der Waals surface area contributed by atoms with Crippen LogP contribution in [0.5, 0.6) is 5.75 Å². The van der Waals surface area contributed by atoms with Crippen LogP contribution in [0.2, 0.25) is 0 Å². The highest BCUT2D eigenvalue weighted by molar-refractivity contribution is 5.99. The molecule has 1 aliphatic carbocycles. The molecule has 0 radical (unpaired) electrons. The normalized spacial score (nSPS) is 21.6. The zero-order chi connectivity index (χ0) is 20.7. The topological polar surface area (TPSA) is 80.5 Å². The molecule has 1 aromatic heterocycles. The van der Waals surface area contributed by atoms with Crippen molar-refractivity contribution < 1.29 is 9.66 Å². The number of ether oxygens (including phenoxy) is 1. The van der Waals surface area contributed by atoms with Gasteiger partial charge in [0.05, 0.1) is 23.5 Å². The summed E-state index contributed by atoms with van der Waals surface area (Å²) in [5, 5.41) is 16.5. The molecular weight excluding hydrogens is 380 g/mol. The van der Waals surface area contributed by atoms with Crippen molar-refractivity contribution >= 4 is 22.1 Å². The van der Waals surface area contributed by atoms with Crippen molar-refractivity contribution in [1.29, 1.82) is 0 Å². The van der Waals surface area contributed by atoms with Gasteiger partial charge in [0.2, 0.25) is 0 Å². The number of hydrogen-bond donors (Lipinski definition) is 1. The number of nitrogens with zero attached hydrogens (tertiary/aromatic N) is 3. The summed E-state index contributed by atoms with van der Waals surface area (Å²) in [7, 11) is 1.69. The van der Waals surface area contributed by atoms with Crippen molar-refractivity contribution in [3.63, 3.8) is 0 Å². The van der Waals surface area contributed by atoms with Gasteiger partial charge in [0.1, 0.15) is 5.75 Å². The van der Waals surface area contributed by atoms with Crippen LogP contribution in [0.3, 0.4) is 0 Å². The molecule has 1 saturated heterocycles. The molecule has 3 aromatic rings. The molecule has 2 atom stereocenters. The minimum Gasteiger partial charge on any atom is -0.497 e. The van der Waals surface area contributed by atoms with Gasteiger partial charge < -0.3 is 10.1 Å². The molecule has 7 heteroatoms. The maximum absolute atomic E-state index is 11.4. The first-order valence-electron chi connectivity index (χ1n) is 10.3. The summed E-state index contributed by atoms with van der Waals surface area (Å²) in [5.41, 5.74) is 2.23. The van der Waals surface area contributed by atoms with Gasteiger partial charge in [-0.05, 0) is 49.1 Å². The fraction of sp³-hybridized carbons (Fsp3) is 0.348. The minimum absolute atomic E-state index is 0.0824. The van der Waals surface area contributed by atoms with E-state index in [2.05, 4.69) is 27.3 Å². The molecule has 2 fully saturated rings. The zero-order valence-electron chi connectivity index (χ0n) is 16.8. The van der Waals surface area contributed by atoms with Crippen LogP contribution in [0.4, 0.5) is 11.4 Å². The molecule has 1 N–H and O–H groups in total. The summed E-state index contributed by atoms with van der Waals surface area (Å²) in [6.07, 6.45) is 6.77. The lowest BCUT2D eigenvalue weighted by molar-refractivity contribution is -0.383. The van der Waals surface area contributed by atoms with E-state index in [0.29, 0.717) is 11.4 Å². The van der Waals surface area contributed by atoms with Gasteiger partial charge >= 0.3 is 0 Å². The molecule has 0 amide bonds. The van der Waals surface area contributed by atoms with Gasteiger partial charge in [0.25, 0.3) is 5.69 Å². The van der Waals surface area contributed by atoms with E-state index in [-0.39, 0.29) is 22.7 Å². The Morgan fingerprint density at radius 3 is 2.80 bits per heavy atom. The Morgan fingerprint density at radius 2 is 2.03 bits per heavy atom. The molecule has 2 aliphatic rings. The van der Waals surface area contributed by atoms with Gasteiger partial charge in [0.15, 0.2) is 0 Å². The number of anilines is 1. The average molecular weight is 404 g/mol. The summed E-state index contributed by atoms with van der Waals surface area (Å²) in [5.74, 6) is 0.862. The van der Waals surface area contributed by atoms with Crippen molar-refractivity contribution in [3.05, 3.63) is 70.5 Å². The van der Waals surface area contributed by atoms with E-state index in [9.17, 15) is 10.1 Å². The highest BCUT2D eigenvalue weighted by atomic mass is 16.6. The SMILES string of the molecule is COc1cccc(C2C(Nc3ccc([N+](=O)[O-])c4cnccc34)CCN2C2CC2)c1. The molecule has 1 saturated carbocycles. The number of pyridine rings is 1. The van der Waals surface area contributed by atoms with Crippen LogP contribution in [0.15, 0.2) is 54.9 Å². The second-order valence-electron chi connectivity index (χ2n) is 8.04. The summed E-state index contributed by atoms with van der Waals surface area (Å²) >= 11 is 0. The quantitative estimate of drug-likeness (QED) is 0.480. The molecule has 2 unspecified atom stereocenters. The molecule has 154 valence electrons. The number of methoxy groups -OCH3 is 1. The second-order valence-corrected chi connectivity index (χ2v) is 8.04. The predicted molar refractivity (Wildman–Crippen MR) is 116 cm³/mol. The fourth-order valence-corrected chi connectivity index (χ4v) is 4.69. The van der Waals surface area contributed by atoms with Crippen LogP contribution in [0, 0.1) is 10.1 Å². The Kier molecular flexibility index (Phi) is 4.75. The lowest BCUT2D eigenvalue weighted by Crippen LogP contribution is -2.32. The van der Waals surface area contributed by atoms with Crippen molar-refractivity contribution in [1.82, 2.24) is 9.88 Å². The number of benzene rings is 2. The van der Waals surface area contributed by atoms with Crippen LogP contribution in [-0.2, 0) is 0 Å². The van der Waals surface area contributed by atoms with E-state index in [4.69, 9.17) is 4.74 Å². The van der Waals surface area contributed by atoms with Crippen molar-refractivity contribution in [2.24, 2.45) is 0 Å². The molecule has 1 aliphatic heterocycles. The van der Waals surface area contributed by atoms with E-state index in [1.54, 1.807) is 25.6 Å². The Morgan fingerprint density at radius 1 is 1.17 bits per heavy atom. The molecule has 30 heavy (non-hydrogen) atoms. The lowest BCUT2D eigenvalue weighted by atomic mass is 9.98. The van der Waals surface area contributed by atoms with Crippen LogP contribution < -0.4 is 10.1 Å². The number of nitro groups is 1. The third kappa shape index (κ3) is 3.35. The summed E-state index contributed by atoms with van der Waals surface area (Å²) < 4.78 is 5.46. The average Bonchev–Trinajstić information content (AvgIpc) is 3.54. The molecule has 0 spiro atoms. The number of rotatable bonds is 6. The second kappa shape index (κ2) is 7.57. The number of hydrogen-bond acceptors (Lipinski definition) is 6. The van der Waals surface area contributed by atoms with E-state index < -0.39 is 0 Å². The van der Waals surface area contributed by atoms with Crippen molar-refractivity contribution in [3.8, 4) is 5.75 Å². The highest BCUT2D eigenvalue weighted by Gasteiger charge is 2.43.